The predicted octanol–water partition coefficient (Wildman–Crippen LogP) is 1.81. The number of thiazole rings is 1. The average molecular weight is 349 g/mol. The smallest absolute Gasteiger partial charge is 0.259 e. The number of aromatic nitrogens is 2. The molecule has 1 aliphatic rings. The molecule has 0 saturated carbocycles. The maximum Gasteiger partial charge on any atom is 0.259 e. The molecule has 2 aromatic rings. The number of likely N-dealkylation sites (tertiary alicyclic amines) is 1. The highest BCUT2D eigenvalue weighted by molar-refractivity contribution is 7.89. The first kappa shape index (κ1) is 15.2. The van der Waals surface area contributed by atoms with Gasteiger partial charge in [-0.15, -0.1) is 11.3 Å². The summed E-state index contributed by atoms with van der Waals surface area (Å²) in [6, 6.07) is 0.259. The first-order chi connectivity index (χ1) is 10.0. The molecule has 9 heteroatoms. The average Bonchev–Trinajstić information content (AvgIpc) is 3.10. The summed E-state index contributed by atoms with van der Waals surface area (Å²) < 4.78 is 29.2. The van der Waals surface area contributed by atoms with E-state index in [4.69, 9.17) is 11.6 Å². The molecule has 3 heterocycles. The molecule has 1 N–H and O–H groups in total. The summed E-state index contributed by atoms with van der Waals surface area (Å²) in [6.45, 7) is 4.47. The van der Waals surface area contributed by atoms with Gasteiger partial charge in [-0.1, -0.05) is 18.5 Å². The van der Waals surface area contributed by atoms with Crippen LogP contribution in [0.1, 0.15) is 19.8 Å². The van der Waals surface area contributed by atoms with E-state index in [1.165, 1.54) is 15.7 Å². The zero-order valence-corrected chi connectivity index (χ0v) is 14.0. The van der Waals surface area contributed by atoms with Crippen molar-refractivity contribution in [1.82, 2.24) is 19.0 Å². The molecule has 0 aromatic carbocycles. The van der Waals surface area contributed by atoms with Crippen molar-refractivity contribution >= 4 is 37.9 Å². The Bertz CT molecular complexity index is 740. The first-order valence-corrected chi connectivity index (χ1v) is 9.61. The van der Waals surface area contributed by atoms with E-state index < -0.39 is 10.0 Å². The molecule has 0 amide bonds. The summed E-state index contributed by atoms with van der Waals surface area (Å²) >= 11 is 7.34. The highest BCUT2D eigenvalue weighted by atomic mass is 35.5. The maximum absolute atomic E-state index is 12.5. The Hall–Kier alpha value is -0.670. The SMILES string of the molecule is CCN1CCCC1CNS(=O)(=O)c1c(Cl)nc2sccn12. The number of fused-ring (bicyclic) bond motifs is 1. The summed E-state index contributed by atoms with van der Waals surface area (Å²) in [7, 11) is -3.66. The van der Waals surface area contributed by atoms with Gasteiger partial charge in [0.05, 0.1) is 0 Å². The van der Waals surface area contributed by atoms with E-state index in [2.05, 4.69) is 21.5 Å². The van der Waals surface area contributed by atoms with Crippen molar-refractivity contribution in [1.29, 1.82) is 0 Å². The molecule has 1 aliphatic heterocycles. The lowest BCUT2D eigenvalue weighted by molar-refractivity contribution is 0.268. The van der Waals surface area contributed by atoms with Gasteiger partial charge in [0, 0.05) is 24.2 Å². The molecule has 2 aromatic heterocycles. The quantitative estimate of drug-likeness (QED) is 0.895. The molecule has 1 fully saturated rings. The van der Waals surface area contributed by atoms with Crippen LogP contribution < -0.4 is 4.72 Å². The van der Waals surface area contributed by atoms with Crippen molar-refractivity contribution in [3.05, 3.63) is 16.7 Å². The standard InChI is InChI=1S/C12H17ClN4O2S2/c1-2-16-5-3-4-9(16)8-14-21(18,19)11-10(13)15-12-17(11)6-7-20-12/h6-7,9,14H,2-5,8H2,1H3. The lowest BCUT2D eigenvalue weighted by Crippen LogP contribution is -2.40. The van der Waals surface area contributed by atoms with Crippen LogP contribution in [0.25, 0.3) is 4.96 Å². The molecule has 0 bridgehead atoms. The molecule has 0 spiro atoms. The summed E-state index contributed by atoms with van der Waals surface area (Å²) in [5.41, 5.74) is 0. The molecular weight excluding hydrogens is 332 g/mol. The van der Waals surface area contributed by atoms with Crippen molar-refractivity contribution in [3.63, 3.8) is 0 Å². The molecule has 0 radical (unpaired) electrons. The minimum atomic E-state index is -3.66. The van der Waals surface area contributed by atoms with Crippen LogP contribution in [0.5, 0.6) is 0 Å². The molecule has 116 valence electrons. The van der Waals surface area contributed by atoms with Gasteiger partial charge in [0.25, 0.3) is 10.0 Å². The summed E-state index contributed by atoms with van der Waals surface area (Å²) in [5.74, 6) is 0. The summed E-state index contributed by atoms with van der Waals surface area (Å²) in [6.07, 6.45) is 3.80. The van der Waals surface area contributed by atoms with Crippen LogP contribution in [-0.2, 0) is 10.0 Å². The number of likely N-dealkylation sites (N-methyl/N-ethyl adjacent to an activating group) is 1. The molecule has 21 heavy (non-hydrogen) atoms. The first-order valence-electron chi connectivity index (χ1n) is 6.87. The van der Waals surface area contributed by atoms with Gasteiger partial charge in [0.1, 0.15) is 0 Å². The maximum atomic E-state index is 12.5. The van der Waals surface area contributed by atoms with E-state index in [0.29, 0.717) is 11.5 Å². The normalized spacial score (nSPS) is 20.6. The van der Waals surface area contributed by atoms with Crippen LogP contribution in [0.15, 0.2) is 16.6 Å². The number of hydrogen-bond donors (Lipinski definition) is 1. The predicted molar refractivity (Wildman–Crippen MR) is 83.5 cm³/mol. The van der Waals surface area contributed by atoms with Gasteiger partial charge in [-0.25, -0.2) is 18.1 Å². The van der Waals surface area contributed by atoms with Gasteiger partial charge < -0.3 is 0 Å². The Morgan fingerprint density at radius 3 is 3.14 bits per heavy atom. The van der Waals surface area contributed by atoms with E-state index >= 15 is 0 Å². The van der Waals surface area contributed by atoms with Gasteiger partial charge in [-0.05, 0) is 25.9 Å². The third kappa shape index (κ3) is 2.83. The van der Waals surface area contributed by atoms with Crippen molar-refractivity contribution in [3.8, 4) is 0 Å². The Morgan fingerprint density at radius 2 is 2.38 bits per heavy atom. The fraction of sp³-hybridized carbons (Fsp3) is 0.583. The fourth-order valence-corrected chi connectivity index (χ4v) is 5.32. The van der Waals surface area contributed by atoms with Crippen molar-refractivity contribution in [2.24, 2.45) is 0 Å². The number of hydrogen-bond acceptors (Lipinski definition) is 5. The molecule has 1 unspecified atom stereocenters. The Balaban J connectivity index is 1.81. The highest BCUT2D eigenvalue weighted by Crippen LogP contribution is 2.25. The highest BCUT2D eigenvalue weighted by Gasteiger charge is 2.28. The van der Waals surface area contributed by atoms with Crippen LogP contribution in [0.2, 0.25) is 5.15 Å². The van der Waals surface area contributed by atoms with Crippen molar-refractivity contribution < 1.29 is 8.42 Å². The molecule has 1 saturated heterocycles. The monoisotopic (exact) mass is 348 g/mol. The lowest BCUT2D eigenvalue weighted by atomic mass is 10.2. The van der Waals surface area contributed by atoms with Crippen LogP contribution >= 0.6 is 22.9 Å². The van der Waals surface area contributed by atoms with E-state index in [-0.39, 0.29) is 16.2 Å². The molecular formula is C12H17ClN4O2S2. The second-order valence-corrected chi connectivity index (χ2v) is 7.95. The number of sulfonamides is 1. The van der Waals surface area contributed by atoms with E-state index in [0.717, 1.165) is 25.9 Å². The molecule has 1 atom stereocenters. The fourth-order valence-electron chi connectivity index (χ4n) is 2.80. The Labute approximate surface area is 132 Å². The number of nitrogens with one attached hydrogen (secondary N) is 1. The number of halogens is 1. The third-order valence-corrected chi connectivity index (χ3v) is 6.43. The van der Waals surface area contributed by atoms with E-state index in [1.54, 1.807) is 11.6 Å². The number of rotatable bonds is 5. The van der Waals surface area contributed by atoms with Crippen LogP contribution in [-0.4, -0.2) is 48.4 Å². The lowest BCUT2D eigenvalue weighted by Gasteiger charge is -2.22. The topological polar surface area (TPSA) is 66.7 Å². The zero-order valence-electron chi connectivity index (χ0n) is 11.6. The van der Waals surface area contributed by atoms with Gasteiger partial charge in [-0.2, -0.15) is 0 Å². The second-order valence-electron chi connectivity index (χ2n) is 5.04. The van der Waals surface area contributed by atoms with Crippen LogP contribution in [0.4, 0.5) is 0 Å². The van der Waals surface area contributed by atoms with Crippen LogP contribution in [0.3, 0.4) is 0 Å². The summed E-state index contributed by atoms with van der Waals surface area (Å²) in [4.78, 5) is 6.94. The van der Waals surface area contributed by atoms with E-state index in [1.807, 2.05) is 0 Å². The Morgan fingerprint density at radius 1 is 1.57 bits per heavy atom. The van der Waals surface area contributed by atoms with Gasteiger partial charge in [0.2, 0.25) is 0 Å². The van der Waals surface area contributed by atoms with Gasteiger partial charge in [0.15, 0.2) is 15.1 Å². The van der Waals surface area contributed by atoms with Gasteiger partial charge in [-0.3, -0.25) is 9.30 Å². The second kappa shape index (κ2) is 5.85. The van der Waals surface area contributed by atoms with Crippen molar-refractivity contribution in [2.75, 3.05) is 19.6 Å². The molecule has 0 aliphatic carbocycles. The number of nitrogens with zero attached hydrogens (tertiary/aromatic N) is 3. The van der Waals surface area contributed by atoms with E-state index in [9.17, 15) is 8.42 Å². The Kier molecular flexibility index (Phi) is 4.24. The summed E-state index contributed by atoms with van der Waals surface area (Å²) in [5, 5.41) is 1.84. The van der Waals surface area contributed by atoms with Gasteiger partial charge >= 0.3 is 0 Å². The van der Waals surface area contributed by atoms with Crippen LogP contribution in [0, 0.1) is 0 Å². The number of imidazole rings is 1. The minimum absolute atomic E-state index is 0.0214. The molecule has 6 nitrogen and oxygen atoms in total. The molecule has 3 rings (SSSR count). The minimum Gasteiger partial charge on any atom is -0.299 e. The third-order valence-electron chi connectivity index (χ3n) is 3.85. The van der Waals surface area contributed by atoms with Crippen molar-refractivity contribution in [2.45, 2.75) is 30.8 Å². The zero-order chi connectivity index (χ0) is 15.0. The largest absolute Gasteiger partial charge is 0.299 e.